The van der Waals surface area contributed by atoms with E-state index in [0.717, 1.165) is 43.4 Å². The average Bonchev–Trinajstić information content (AvgIpc) is 2.69. The molecular weight excluding hydrogens is 327 g/mol. The van der Waals surface area contributed by atoms with Crippen molar-refractivity contribution in [2.45, 2.75) is 110 Å². The Hall–Kier alpha value is -0.600. The Kier molecular flexibility index (Phi) is 7.40. The quantitative estimate of drug-likeness (QED) is 0.521. The topological polar surface area (TPSA) is 26.3 Å². The van der Waals surface area contributed by atoms with Gasteiger partial charge in [-0.15, -0.1) is 0 Å². The second kappa shape index (κ2) is 9.55. The zero-order chi connectivity index (χ0) is 18.5. The van der Waals surface area contributed by atoms with Gasteiger partial charge in [0.05, 0.1) is 5.92 Å². The number of esters is 1. The van der Waals surface area contributed by atoms with Crippen molar-refractivity contribution in [3.63, 3.8) is 0 Å². The number of ether oxygens (including phenoxy) is 1. The highest BCUT2D eigenvalue weighted by atomic mass is 19.1. The number of carbonyl (C=O) groups is 1. The molecule has 0 saturated heterocycles. The minimum Gasteiger partial charge on any atom is -0.459 e. The van der Waals surface area contributed by atoms with E-state index in [0.29, 0.717) is 18.8 Å². The van der Waals surface area contributed by atoms with Gasteiger partial charge in [-0.05, 0) is 81.5 Å². The van der Waals surface area contributed by atoms with Gasteiger partial charge < -0.3 is 4.74 Å². The van der Waals surface area contributed by atoms with Crippen LogP contribution in [-0.4, -0.2) is 18.2 Å². The lowest BCUT2D eigenvalue weighted by molar-refractivity contribution is -0.162. The molecular formula is C23H39FO2. The molecule has 26 heavy (non-hydrogen) atoms. The molecule has 3 atom stereocenters. The van der Waals surface area contributed by atoms with E-state index in [1.54, 1.807) is 0 Å². The van der Waals surface area contributed by atoms with Crippen LogP contribution >= 0.6 is 0 Å². The maximum Gasteiger partial charge on any atom is 0.309 e. The minimum absolute atomic E-state index is 0.0225. The molecule has 2 nitrogen and oxygen atoms in total. The third-order valence-electron chi connectivity index (χ3n) is 7.91. The molecule has 0 aromatic heterocycles. The first-order valence-electron chi connectivity index (χ1n) is 11.4. The summed E-state index contributed by atoms with van der Waals surface area (Å²) >= 11 is 0. The number of alkyl halides is 1. The number of hydrogen-bond acceptors (Lipinski definition) is 2. The van der Waals surface area contributed by atoms with Crippen molar-refractivity contribution in [3.8, 4) is 0 Å². The van der Waals surface area contributed by atoms with Crippen molar-refractivity contribution in [1.82, 2.24) is 0 Å². The summed E-state index contributed by atoms with van der Waals surface area (Å²) in [7, 11) is 0. The molecule has 3 saturated carbocycles. The summed E-state index contributed by atoms with van der Waals surface area (Å²) in [4.78, 5) is 12.5. The van der Waals surface area contributed by atoms with E-state index in [1.807, 2.05) is 0 Å². The SMILES string of the molecule is CCC1CCC(C2CCC(C(=O)OC3CCC(CC)CC3F)CC2)CC1. The van der Waals surface area contributed by atoms with Gasteiger partial charge in [-0.2, -0.15) is 0 Å². The molecule has 3 aliphatic carbocycles. The van der Waals surface area contributed by atoms with E-state index in [2.05, 4.69) is 13.8 Å². The van der Waals surface area contributed by atoms with Crippen molar-refractivity contribution in [2.24, 2.45) is 29.6 Å². The maximum absolute atomic E-state index is 14.3. The van der Waals surface area contributed by atoms with Crippen LogP contribution in [0.15, 0.2) is 0 Å². The van der Waals surface area contributed by atoms with Crippen LogP contribution in [0.25, 0.3) is 0 Å². The Morgan fingerprint density at radius 3 is 1.88 bits per heavy atom. The molecule has 3 fully saturated rings. The summed E-state index contributed by atoms with van der Waals surface area (Å²) in [5.41, 5.74) is 0. The minimum atomic E-state index is -0.956. The normalized spacial score (nSPS) is 41.6. The fourth-order valence-electron chi connectivity index (χ4n) is 5.81. The standard InChI is InChI=1S/C23H39FO2/c1-3-16-5-8-18(9-6-16)19-10-12-20(13-11-19)23(25)26-22-14-7-17(4-2)15-21(22)24/h16-22H,3-15H2,1-2H3. The van der Waals surface area contributed by atoms with Crippen LogP contribution in [0, 0.1) is 29.6 Å². The molecule has 0 aromatic rings. The molecule has 3 rings (SSSR count). The van der Waals surface area contributed by atoms with Gasteiger partial charge in [0.25, 0.3) is 0 Å². The zero-order valence-corrected chi connectivity index (χ0v) is 16.9. The van der Waals surface area contributed by atoms with Crippen LogP contribution in [0.2, 0.25) is 0 Å². The van der Waals surface area contributed by atoms with Crippen molar-refractivity contribution >= 4 is 5.97 Å². The highest BCUT2D eigenvalue weighted by molar-refractivity contribution is 5.72. The van der Waals surface area contributed by atoms with Gasteiger partial charge >= 0.3 is 5.97 Å². The molecule has 3 aliphatic rings. The Labute approximate surface area is 159 Å². The van der Waals surface area contributed by atoms with Crippen LogP contribution in [-0.2, 0) is 9.53 Å². The van der Waals surface area contributed by atoms with Crippen molar-refractivity contribution in [1.29, 1.82) is 0 Å². The predicted octanol–water partition coefficient (Wildman–Crippen LogP) is 6.47. The second-order valence-corrected chi connectivity index (χ2v) is 9.38. The van der Waals surface area contributed by atoms with E-state index in [1.165, 1.54) is 44.9 Å². The van der Waals surface area contributed by atoms with E-state index in [9.17, 15) is 9.18 Å². The van der Waals surface area contributed by atoms with Gasteiger partial charge in [0.2, 0.25) is 0 Å². The molecule has 0 aliphatic heterocycles. The molecule has 0 amide bonds. The Morgan fingerprint density at radius 1 is 0.808 bits per heavy atom. The highest BCUT2D eigenvalue weighted by Gasteiger charge is 2.37. The number of halogens is 1. The van der Waals surface area contributed by atoms with Crippen LogP contribution in [0.4, 0.5) is 4.39 Å². The lowest BCUT2D eigenvalue weighted by Gasteiger charge is -2.38. The van der Waals surface area contributed by atoms with Gasteiger partial charge in [0.15, 0.2) is 0 Å². The lowest BCUT2D eigenvalue weighted by atomic mass is 9.69. The summed E-state index contributed by atoms with van der Waals surface area (Å²) in [6.07, 6.45) is 13.1. The summed E-state index contributed by atoms with van der Waals surface area (Å²) < 4.78 is 19.9. The summed E-state index contributed by atoms with van der Waals surface area (Å²) in [6.45, 7) is 4.44. The van der Waals surface area contributed by atoms with E-state index in [-0.39, 0.29) is 11.9 Å². The zero-order valence-electron chi connectivity index (χ0n) is 16.9. The summed E-state index contributed by atoms with van der Waals surface area (Å²) in [5.74, 6) is 3.03. The fraction of sp³-hybridized carbons (Fsp3) is 0.957. The molecule has 3 unspecified atom stereocenters. The Bertz CT molecular complexity index is 435. The van der Waals surface area contributed by atoms with E-state index in [4.69, 9.17) is 4.74 Å². The average molecular weight is 367 g/mol. The fourth-order valence-corrected chi connectivity index (χ4v) is 5.81. The van der Waals surface area contributed by atoms with Gasteiger partial charge in [0, 0.05) is 0 Å². The predicted molar refractivity (Wildman–Crippen MR) is 104 cm³/mol. The van der Waals surface area contributed by atoms with E-state index < -0.39 is 12.3 Å². The van der Waals surface area contributed by atoms with Crippen molar-refractivity contribution in [3.05, 3.63) is 0 Å². The second-order valence-electron chi connectivity index (χ2n) is 9.38. The van der Waals surface area contributed by atoms with Crippen LogP contribution in [0.3, 0.4) is 0 Å². The molecule has 0 N–H and O–H groups in total. The molecule has 0 heterocycles. The van der Waals surface area contributed by atoms with Crippen LogP contribution < -0.4 is 0 Å². The molecule has 150 valence electrons. The molecule has 3 heteroatoms. The molecule has 0 bridgehead atoms. The van der Waals surface area contributed by atoms with Gasteiger partial charge in [0.1, 0.15) is 12.3 Å². The Morgan fingerprint density at radius 2 is 1.35 bits per heavy atom. The largest absolute Gasteiger partial charge is 0.459 e. The van der Waals surface area contributed by atoms with Gasteiger partial charge in [-0.1, -0.05) is 39.5 Å². The third-order valence-corrected chi connectivity index (χ3v) is 7.91. The monoisotopic (exact) mass is 366 g/mol. The van der Waals surface area contributed by atoms with Crippen molar-refractivity contribution < 1.29 is 13.9 Å². The first-order chi connectivity index (χ1) is 12.6. The maximum atomic E-state index is 14.3. The number of hydrogen-bond donors (Lipinski definition) is 0. The molecule has 0 radical (unpaired) electrons. The third kappa shape index (κ3) is 5.01. The smallest absolute Gasteiger partial charge is 0.309 e. The summed E-state index contributed by atoms with van der Waals surface area (Å²) in [6, 6.07) is 0. The highest BCUT2D eigenvalue weighted by Crippen LogP contribution is 2.42. The van der Waals surface area contributed by atoms with Gasteiger partial charge in [-0.3, -0.25) is 4.79 Å². The number of rotatable bonds is 5. The first-order valence-corrected chi connectivity index (χ1v) is 11.4. The molecule has 0 spiro atoms. The number of carbonyl (C=O) groups excluding carboxylic acids is 1. The Balaban J connectivity index is 1.40. The van der Waals surface area contributed by atoms with Crippen LogP contribution in [0.5, 0.6) is 0 Å². The lowest BCUT2D eigenvalue weighted by Crippen LogP contribution is -2.37. The van der Waals surface area contributed by atoms with E-state index >= 15 is 0 Å². The van der Waals surface area contributed by atoms with Crippen molar-refractivity contribution in [2.75, 3.05) is 0 Å². The first kappa shape index (κ1) is 20.1. The molecule has 0 aromatic carbocycles. The van der Waals surface area contributed by atoms with Crippen LogP contribution in [0.1, 0.15) is 97.3 Å². The van der Waals surface area contributed by atoms with Gasteiger partial charge in [-0.25, -0.2) is 4.39 Å². The summed E-state index contributed by atoms with van der Waals surface area (Å²) in [5, 5.41) is 0.